The molecule has 2 aromatic rings. The molecule has 1 aromatic carbocycles. The van der Waals surface area contributed by atoms with Crippen LogP contribution in [0.1, 0.15) is 5.56 Å². The molecule has 4 nitrogen and oxygen atoms in total. The average molecular weight is 283 g/mol. The SMILES string of the molecule is FC(F)(F)c1ccc(-n2nnnc2Cl)cc1Cl. The van der Waals surface area contributed by atoms with Gasteiger partial charge in [0.1, 0.15) is 0 Å². The van der Waals surface area contributed by atoms with Gasteiger partial charge in [0.05, 0.1) is 16.3 Å². The molecule has 90 valence electrons. The molecule has 0 bridgehead atoms. The van der Waals surface area contributed by atoms with Crippen LogP contribution in [0.15, 0.2) is 18.2 Å². The number of benzene rings is 1. The van der Waals surface area contributed by atoms with Crippen molar-refractivity contribution in [1.29, 1.82) is 0 Å². The van der Waals surface area contributed by atoms with E-state index in [1.54, 1.807) is 0 Å². The minimum Gasteiger partial charge on any atom is -0.183 e. The molecule has 0 fully saturated rings. The summed E-state index contributed by atoms with van der Waals surface area (Å²) >= 11 is 11.2. The molecule has 9 heteroatoms. The molecule has 17 heavy (non-hydrogen) atoms. The van der Waals surface area contributed by atoms with Gasteiger partial charge in [-0.2, -0.15) is 17.9 Å². The maximum Gasteiger partial charge on any atom is 0.417 e. The van der Waals surface area contributed by atoms with E-state index >= 15 is 0 Å². The second-order valence-corrected chi connectivity index (χ2v) is 3.77. The molecule has 0 spiro atoms. The summed E-state index contributed by atoms with van der Waals surface area (Å²) < 4.78 is 38.4. The van der Waals surface area contributed by atoms with Crippen LogP contribution in [0.5, 0.6) is 0 Å². The zero-order chi connectivity index (χ0) is 12.6. The zero-order valence-electron chi connectivity index (χ0n) is 7.91. The smallest absolute Gasteiger partial charge is 0.183 e. The van der Waals surface area contributed by atoms with Gasteiger partial charge < -0.3 is 0 Å². The van der Waals surface area contributed by atoms with E-state index in [0.717, 1.165) is 16.8 Å². The van der Waals surface area contributed by atoms with Gasteiger partial charge in [0.2, 0.25) is 5.28 Å². The summed E-state index contributed by atoms with van der Waals surface area (Å²) in [5, 5.41) is 9.65. The third-order valence-corrected chi connectivity index (χ3v) is 2.48. The largest absolute Gasteiger partial charge is 0.417 e. The monoisotopic (exact) mass is 282 g/mol. The first-order chi connectivity index (χ1) is 7.89. The molecule has 0 aliphatic heterocycles. The number of alkyl halides is 3. The predicted octanol–water partition coefficient (Wildman–Crippen LogP) is 2.99. The van der Waals surface area contributed by atoms with Gasteiger partial charge in [-0.25, -0.2) is 0 Å². The van der Waals surface area contributed by atoms with Gasteiger partial charge in [0.25, 0.3) is 0 Å². The zero-order valence-corrected chi connectivity index (χ0v) is 9.42. The van der Waals surface area contributed by atoms with E-state index in [1.807, 2.05) is 0 Å². The number of aromatic nitrogens is 4. The van der Waals surface area contributed by atoms with Crippen LogP contribution in [-0.2, 0) is 6.18 Å². The molecule has 0 aliphatic carbocycles. The molecule has 0 amide bonds. The van der Waals surface area contributed by atoms with Crippen molar-refractivity contribution in [1.82, 2.24) is 20.2 Å². The summed E-state index contributed by atoms with van der Waals surface area (Å²) in [7, 11) is 0. The number of tetrazole rings is 1. The summed E-state index contributed by atoms with van der Waals surface area (Å²) in [6.07, 6.45) is -4.50. The second-order valence-electron chi connectivity index (χ2n) is 3.02. The van der Waals surface area contributed by atoms with E-state index in [0.29, 0.717) is 0 Å². The Hall–Kier alpha value is -1.34. The highest BCUT2D eigenvalue weighted by atomic mass is 35.5. The predicted molar refractivity (Wildman–Crippen MR) is 54.2 cm³/mol. The molecule has 0 atom stereocenters. The third-order valence-electron chi connectivity index (χ3n) is 1.93. The minimum absolute atomic E-state index is 0.0687. The Morgan fingerprint density at radius 2 is 1.88 bits per heavy atom. The van der Waals surface area contributed by atoms with Gasteiger partial charge in [0, 0.05) is 0 Å². The molecular formula is C8H3Cl2F3N4. The van der Waals surface area contributed by atoms with Gasteiger partial charge in [-0.05, 0) is 40.2 Å². The first kappa shape index (κ1) is 12.1. The Kier molecular flexibility index (Phi) is 2.96. The standard InChI is InChI=1S/C8H3Cl2F3N4/c9-6-3-4(17-7(10)14-15-16-17)1-2-5(6)8(11,12)13/h1-3H. The molecule has 2 rings (SSSR count). The van der Waals surface area contributed by atoms with Crippen LogP contribution >= 0.6 is 23.2 Å². The number of halogens is 5. The highest BCUT2D eigenvalue weighted by Gasteiger charge is 2.33. The molecule has 1 aromatic heterocycles. The van der Waals surface area contributed by atoms with Gasteiger partial charge in [-0.3, -0.25) is 0 Å². The number of hydrogen-bond donors (Lipinski definition) is 0. The van der Waals surface area contributed by atoms with Crippen molar-refractivity contribution in [2.45, 2.75) is 6.18 Å². The lowest BCUT2D eigenvalue weighted by Crippen LogP contribution is -2.07. The van der Waals surface area contributed by atoms with Gasteiger partial charge >= 0.3 is 6.18 Å². The van der Waals surface area contributed by atoms with Crippen molar-refractivity contribution in [3.05, 3.63) is 34.1 Å². The second kappa shape index (κ2) is 4.15. The fraction of sp³-hybridized carbons (Fsp3) is 0.125. The molecule has 0 unspecified atom stereocenters. The number of rotatable bonds is 1. The molecule has 0 saturated heterocycles. The topological polar surface area (TPSA) is 43.6 Å². The third kappa shape index (κ3) is 2.34. The highest BCUT2D eigenvalue weighted by Crippen LogP contribution is 2.35. The molecule has 0 aliphatic rings. The Balaban J connectivity index is 2.49. The summed E-state index contributed by atoms with van der Waals surface area (Å²) in [6, 6.07) is 3.11. The van der Waals surface area contributed by atoms with Gasteiger partial charge in [0.15, 0.2) is 0 Å². The summed E-state index contributed by atoms with van der Waals surface area (Å²) in [4.78, 5) is 0. The van der Waals surface area contributed by atoms with Crippen molar-refractivity contribution in [2.24, 2.45) is 0 Å². The van der Waals surface area contributed by atoms with E-state index in [9.17, 15) is 13.2 Å². The Morgan fingerprint density at radius 1 is 1.18 bits per heavy atom. The van der Waals surface area contributed by atoms with Gasteiger partial charge in [-0.15, -0.1) is 0 Å². The van der Waals surface area contributed by atoms with Crippen LogP contribution in [0.2, 0.25) is 10.3 Å². The van der Waals surface area contributed by atoms with E-state index in [-0.39, 0.29) is 11.0 Å². The maximum atomic E-state index is 12.4. The Morgan fingerprint density at radius 3 is 2.35 bits per heavy atom. The summed E-state index contributed by atoms with van der Waals surface area (Å²) in [5.41, 5.74) is -0.676. The minimum atomic E-state index is -4.50. The quantitative estimate of drug-likeness (QED) is 0.808. The van der Waals surface area contributed by atoms with Crippen molar-refractivity contribution in [3.8, 4) is 5.69 Å². The van der Waals surface area contributed by atoms with Crippen LogP contribution in [0.3, 0.4) is 0 Å². The first-order valence-electron chi connectivity index (χ1n) is 4.20. The van der Waals surface area contributed by atoms with Gasteiger partial charge in [-0.1, -0.05) is 16.7 Å². The molecule has 0 N–H and O–H groups in total. The van der Waals surface area contributed by atoms with Crippen molar-refractivity contribution in [2.75, 3.05) is 0 Å². The lowest BCUT2D eigenvalue weighted by molar-refractivity contribution is -0.137. The lowest BCUT2D eigenvalue weighted by atomic mass is 10.2. The van der Waals surface area contributed by atoms with E-state index in [2.05, 4.69) is 15.5 Å². The van der Waals surface area contributed by atoms with Crippen molar-refractivity contribution < 1.29 is 13.2 Å². The number of hydrogen-bond acceptors (Lipinski definition) is 3. The Bertz CT molecular complexity index is 552. The van der Waals surface area contributed by atoms with Crippen molar-refractivity contribution >= 4 is 23.2 Å². The lowest BCUT2D eigenvalue weighted by Gasteiger charge is -2.09. The normalized spacial score (nSPS) is 11.8. The highest BCUT2D eigenvalue weighted by molar-refractivity contribution is 6.31. The van der Waals surface area contributed by atoms with Crippen molar-refractivity contribution in [3.63, 3.8) is 0 Å². The number of nitrogens with zero attached hydrogens (tertiary/aromatic N) is 4. The summed E-state index contributed by atoms with van der Waals surface area (Å²) in [6.45, 7) is 0. The van der Waals surface area contributed by atoms with Crippen LogP contribution in [0.25, 0.3) is 5.69 Å². The Labute approximate surface area is 103 Å². The van der Waals surface area contributed by atoms with Crippen LogP contribution in [0.4, 0.5) is 13.2 Å². The van der Waals surface area contributed by atoms with E-state index < -0.39 is 16.8 Å². The molecule has 0 saturated carbocycles. The average Bonchev–Trinajstić information content (AvgIpc) is 2.62. The molecule has 1 heterocycles. The maximum absolute atomic E-state index is 12.4. The summed E-state index contributed by atoms with van der Waals surface area (Å²) in [5.74, 6) is 0. The van der Waals surface area contributed by atoms with Crippen LogP contribution in [0, 0.1) is 0 Å². The van der Waals surface area contributed by atoms with E-state index in [1.165, 1.54) is 6.07 Å². The molecular weight excluding hydrogens is 280 g/mol. The van der Waals surface area contributed by atoms with E-state index in [4.69, 9.17) is 23.2 Å². The fourth-order valence-electron chi connectivity index (χ4n) is 1.20. The fourth-order valence-corrected chi connectivity index (χ4v) is 1.65. The molecule has 0 radical (unpaired) electrons. The van der Waals surface area contributed by atoms with Crippen LogP contribution < -0.4 is 0 Å². The van der Waals surface area contributed by atoms with Crippen LogP contribution in [-0.4, -0.2) is 20.2 Å². The first-order valence-corrected chi connectivity index (χ1v) is 4.96.